The molecule has 0 fully saturated rings. The third-order valence-corrected chi connectivity index (χ3v) is 7.29. The summed E-state index contributed by atoms with van der Waals surface area (Å²) < 4.78 is 18.2. The van der Waals surface area contributed by atoms with Gasteiger partial charge in [-0.25, -0.2) is 10.2 Å². The number of rotatable bonds is 10. The summed E-state index contributed by atoms with van der Waals surface area (Å²) in [6.07, 6.45) is 1.40. The molecule has 0 aliphatic heterocycles. The van der Waals surface area contributed by atoms with Crippen molar-refractivity contribution < 1.29 is 28.7 Å². The van der Waals surface area contributed by atoms with Crippen LogP contribution in [0.25, 0.3) is 0 Å². The maximum Gasteiger partial charge on any atom is 0.343 e. The van der Waals surface area contributed by atoms with Gasteiger partial charge in [0.05, 0.1) is 28.3 Å². The second-order valence-electron chi connectivity index (χ2n) is 8.56. The number of halogens is 2. The number of ether oxygens (including phenoxy) is 3. The highest BCUT2D eigenvalue weighted by Crippen LogP contribution is 2.40. The standard InChI is InChI=1S/C27H25Br2N3O7/c1-15(2)20-12-21(28)16(3)25(29)26(20)38-14-24(33)31-30-13-17-5-10-22(23(11-17)37-4)39-27(34)18-6-8-19(9-7-18)32(35)36/h5-13,15H,14H2,1-4H3,(H,31,33)/b30-13+. The molecule has 3 rings (SSSR count). The molecule has 0 saturated carbocycles. The molecular formula is C27H25Br2N3O7. The van der Waals surface area contributed by atoms with Crippen LogP contribution in [0.15, 0.2) is 62.6 Å². The number of non-ortho nitro benzene ring substituents is 1. The van der Waals surface area contributed by atoms with E-state index in [-0.39, 0.29) is 35.3 Å². The number of nitrogens with zero attached hydrogens (tertiary/aromatic N) is 2. The van der Waals surface area contributed by atoms with E-state index in [2.05, 4.69) is 42.4 Å². The minimum Gasteiger partial charge on any atom is -0.493 e. The number of hydrogen-bond acceptors (Lipinski definition) is 8. The number of benzene rings is 3. The van der Waals surface area contributed by atoms with E-state index in [0.717, 1.165) is 20.1 Å². The molecule has 12 heteroatoms. The molecule has 0 bridgehead atoms. The van der Waals surface area contributed by atoms with Gasteiger partial charge in [0.2, 0.25) is 0 Å². The summed E-state index contributed by atoms with van der Waals surface area (Å²) in [5.74, 6) is 0.0283. The smallest absolute Gasteiger partial charge is 0.343 e. The van der Waals surface area contributed by atoms with Crippen LogP contribution in [0.5, 0.6) is 17.2 Å². The zero-order valence-electron chi connectivity index (χ0n) is 21.5. The van der Waals surface area contributed by atoms with E-state index in [1.807, 2.05) is 26.8 Å². The molecular weight excluding hydrogens is 638 g/mol. The molecule has 10 nitrogen and oxygen atoms in total. The minimum atomic E-state index is -0.704. The Labute approximate surface area is 241 Å². The lowest BCUT2D eigenvalue weighted by molar-refractivity contribution is -0.384. The van der Waals surface area contributed by atoms with Crippen molar-refractivity contribution in [3.8, 4) is 17.2 Å². The van der Waals surface area contributed by atoms with Crippen LogP contribution in [0.2, 0.25) is 0 Å². The van der Waals surface area contributed by atoms with Crippen molar-refractivity contribution in [3.05, 3.63) is 89.8 Å². The molecule has 3 aromatic carbocycles. The topological polar surface area (TPSA) is 129 Å². The molecule has 0 saturated heterocycles. The largest absolute Gasteiger partial charge is 0.493 e. The number of hydrazone groups is 1. The van der Waals surface area contributed by atoms with E-state index in [9.17, 15) is 19.7 Å². The fourth-order valence-electron chi connectivity index (χ4n) is 3.36. The summed E-state index contributed by atoms with van der Waals surface area (Å²) in [6.45, 7) is 5.77. The molecule has 0 radical (unpaired) electrons. The summed E-state index contributed by atoms with van der Waals surface area (Å²) >= 11 is 7.10. The molecule has 0 aliphatic carbocycles. The second kappa shape index (κ2) is 13.3. The van der Waals surface area contributed by atoms with Crippen molar-refractivity contribution in [3.63, 3.8) is 0 Å². The van der Waals surface area contributed by atoms with Crippen LogP contribution in [0.3, 0.4) is 0 Å². The van der Waals surface area contributed by atoms with Gasteiger partial charge in [-0.1, -0.05) is 29.8 Å². The molecule has 0 spiro atoms. The Morgan fingerprint density at radius 3 is 2.41 bits per heavy atom. The zero-order chi connectivity index (χ0) is 28.7. The lowest BCUT2D eigenvalue weighted by Gasteiger charge is -2.18. The molecule has 1 amide bonds. The molecule has 204 valence electrons. The summed E-state index contributed by atoms with van der Waals surface area (Å²) in [7, 11) is 1.41. The molecule has 0 heterocycles. The zero-order valence-corrected chi connectivity index (χ0v) is 24.7. The Bertz CT molecular complexity index is 1420. The minimum absolute atomic E-state index is 0.136. The lowest BCUT2D eigenvalue weighted by atomic mass is 10.0. The lowest BCUT2D eigenvalue weighted by Crippen LogP contribution is -2.25. The highest BCUT2D eigenvalue weighted by atomic mass is 79.9. The summed E-state index contributed by atoms with van der Waals surface area (Å²) in [5, 5.41) is 14.7. The van der Waals surface area contributed by atoms with Gasteiger partial charge in [-0.15, -0.1) is 0 Å². The molecule has 0 aromatic heterocycles. The molecule has 39 heavy (non-hydrogen) atoms. The highest BCUT2D eigenvalue weighted by molar-refractivity contribution is 9.11. The van der Waals surface area contributed by atoms with Crippen LogP contribution in [0.4, 0.5) is 5.69 Å². The van der Waals surface area contributed by atoms with Gasteiger partial charge in [0.15, 0.2) is 18.1 Å². The maximum absolute atomic E-state index is 12.4. The van der Waals surface area contributed by atoms with E-state index in [1.54, 1.807) is 12.1 Å². The number of methoxy groups -OCH3 is 1. The highest BCUT2D eigenvalue weighted by Gasteiger charge is 2.18. The van der Waals surface area contributed by atoms with E-state index in [0.29, 0.717) is 11.3 Å². The van der Waals surface area contributed by atoms with E-state index < -0.39 is 16.8 Å². The third kappa shape index (κ3) is 7.64. The number of carbonyl (C=O) groups is 2. The summed E-state index contributed by atoms with van der Waals surface area (Å²) in [5.41, 5.74) is 4.91. The first-order valence-electron chi connectivity index (χ1n) is 11.6. The fraction of sp³-hybridized carbons (Fsp3) is 0.222. The van der Waals surface area contributed by atoms with Crippen molar-refractivity contribution in [2.45, 2.75) is 26.7 Å². The number of nitro benzene ring substituents is 1. The van der Waals surface area contributed by atoms with Crippen LogP contribution < -0.4 is 19.6 Å². The van der Waals surface area contributed by atoms with E-state index in [1.165, 1.54) is 43.7 Å². The van der Waals surface area contributed by atoms with Crippen LogP contribution in [-0.2, 0) is 4.79 Å². The van der Waals surface area contributed by atoms with Gasteiger partial charge in [0, 0.05) is 16.6 Å². The van der Waals surface area contributed by atoms with Crippen LogP contribution >= 0.6 is 31.9 Å². The van der Waals surface area contributed by atoms with E-state index >= 15 is 0 Å². The van der Waals surface area contributed by atoms with Gasteiger partial charge >= 0.3 is 5.97 Å². The van der Waals surface area contributed by atoms with E-state index in [4.69, 9.17) is 14.2 Å². The Hall–Kier alpha value is -3.77. The van der Waals surface area contributed by atoms with Crippen molar-refractivity contribution in [1.29, 1.82) is 0 Å². The molecule has 0 unspecified atom stereocenters. The van der Waals surface area contributed by atoms with Gasteiger partial charge in [-0.05, 0) is 81.9 Å². The number of nitro groups is 1. The quantitative estimate of drug-likeness (QED) is 0.0886. The Morgan fingerprint density at radius 1 is 1.10 bits per heavy atom. The first kappa shape index (κ1) is 29.8. The first-order chi connectivity index (χ1) is 18.5. The SMILES string of the molecule is COc1cc(/C=N/NC(=O)COc2c(C(C)C)cc(Br)c(C)c2Br)ccc1OC(=O)c1ccc([N+](=O)[O-])cc1. The number of carbonyl (C=O) groups excluding carboxylic acids is 2. The Balaban J connectivity index is 1.62. The monoisotopic (exact) mass is 661 g/mol. The Kier molecular flexibility index (Phi) is 10.2. The first-order valence-corrected chi connectivity index (χ1v) is 13.2. The summed E-state index contributed by atoms with van der Waals surface area (Å²) in [6, 6.07) is 11.7. The predicted octanol–water partition coefficient (Wildman–Crippen LogP) is 6.31. The van der Waals surface area contributed by atoms with Gasteiger partial charge in [-0.2, -0.15) is 5.10 Å². The number of hydrogen-bond donors (Lipinski definition) is 1. The predicted molar refractivity (Wildman–Crippen MR) is 153 cm³/mol. The van der Waals surface area contributed by atoms with Crippen molar-refractivity contribution >= 4 is 55.6 Å². The number of esters is 1. The second-order valence-corrected chi connectivity index (χ2v) is 10.2. The van der Waals surface area contributed by atoms with Gasteiger partial charge in [0.1, 0.15) is 5.75 Å². The molecule has 3 aromatic rings. The third-order valence-electron chi connectivity index (χ3n) is 5.51. The van der Waals surface area contributed by atoms with Gasteiger partial charge < -0.3 is 14.2 Å². The normalized spacial score (nSPS) is 10.9. The van der Waals surface area contributed by atoms with Crippen molar-refractivity contribution in [2.75, 3.05) is 13.7 Å². The summed E-state index contributed by atoms with van der Waals surface area (Å²) in [4.78, 5) is 35.0. The number of nitrogens with one attached hydrogen (secondary N) is 1. The average molecular weight is 663 g/mol. The molecule has 0 aliphatic rings. The fourth-order valence-corrected chi connectivity index (χ4v) is 4.63. The maximum atomic E-state index is 12.4. The molecule has 1 N–H and O–H groups in total. The molecule has 0 atom stereocenters. The van der Waals surface area contributed by atoms with Gasteiger partial charge in [0.25, 0.3) is 11.6 Å². The van der Waals surface area contributed by atoms with Crippen LogP contribution in [0.1, 0.15) is 46.8 Å². The van der Waals surface area contributed by atoms with Crippen molar-refractivity contribution in [2.24, 2.45) is 5.10 Å². The number of amides is 1. The van der Waals surface area contributed by atoms with Gasteiger partial charge in [-0.3, -0.25) is 14.9 Å². The van der Waals surface area contributed by atoms with Crippen LogP contribution in [-0.4, -0.2) is 36.7 Å². The Morgan fingerprint density at radius 2 is 1.79 bits per heavy atom. The average Bonchev–Trinajstić information content (AvgIpc) is 2.91. The van der Waals surface area contributed by atoms with Crippen molar-refractivity contribution in [1.82, 2.24) is 5.43 Å². The van der Waals surface area contributed by atoms with Crippen LogP contribution in [0, 0.1) is 17.0 Å².